The van der Waals surface area contributed by atoms with Gasteiger partial charge in [-0.1, -0.05) is 6.92 Å². The first-order chi connectivity index (χ1) is 6.20. The van der Waals surface area contributed by atoms with Gasteiger partial charge in [0.25, 0.3) is 0 Å². The van der Waals surface area contributed by atoms with Crippen molar-refractivity contribution in [1.82, 2.24) is 4.72 Å². The second kappa shape index (κ2) is 4.49. The van der Waals surface area contributed by atoms with Crippen molar-refractivity contribution in [1.29, 1.82) is 0 Å². The van der Waals surface area contributed by atoms with E-state index in [4.69, 9.17) is 0 Å². The number of halogens is 3. The summed E-state index contributed by atoms with van der Waals surface area (Å²) in [5.74, 6) is 0. The maximum atomic E-state index is 11.7. The van der Waals surface area contributed by atoms with E-state index in [-0.39, 0.29) is 6.61 Å². The summed E-state index contributed by atoms with van der Waals surface area (Å²) >= 11 is 0. The van der Waals surface area contributed by atoms with E-state index in [9.17, 15) is 26.4 Å². The fourth-order valence-electron chi connectivity index (χ4n) is 0.392. The number of sulfonamides is 1. The Kier molecular flexibility index (Phi) is 4.17. The van der Waals surface area contributed by atoms with Gasteiger partial charge >= 0.3 is 21.6 Å². The summed E-state index contributed by atoms with van der Waals surface area (Å²) in [7, 11) is -5.65. The number of rotatable bonds is 3. The molecule has 1 N–H and O–H groups in total. The maximum Gasteiger partial charge on any atom is 0.516 e. The Morgan fingerprint density at radius 1 is 1.43 bits per heavy atom. The van der Waals surface area contributed by atoms with E-state index in [2.05, 4.69) is 4.74 Å². The number of hydrogen-bond donors (Lipinski definition) is 1. The van der Waals surface area contributed by atoms with Crippen molar-refractivity contribution < 1.29 is 31.1 Å². The number of hydrogen-bond acceptors (Lipinski definition) is 4. The maximum absolute atomic E-state index is 11.7. The van der Waals surface area contributed by atoms with Crippen molar-refractivity contribution in [2.24, 2.45) is 0 Å². The molecule has 0 atom stereocenters. The molecule has 84 valence electrons. The Labute approximate surface area is 78.3 Å². The van der Waals surface area contributed by atoms with Gasteiger partial charge in [0.05, 0.1) is 6.61 Å². The molecule has 0 heterocycles. The van der Waals surface area contributed by atoms with Crippen molar-refractivity contribution >= 4 is 16.1 Å². The van der Waals surface area contributed by atoms with Gasteiger partial charge in [-0.2, -0.15) is 21.6 Å². The van der Waals surface area contributed by atoms with Crippen LogP contribution in [0.1, 0.15) is 13.3 Å². The Balaban J connectivity index is 4.32. The zero-order valence-corrected chi connectivity index (χ0v) is 7.91. The van der Waals surface area contributed by atoms with E-state index in [1.54, 1.807) is 6.92 Å². The van der Waals surface area contributed by atoms with Crippen LogP contribution >= 0.6 is 0 Å². The number of ether oxygens (including phenoxy) is 1. The van der Waals surface area contributed by atoms with Gasteiger partial charge < -0.3 is 4.74 Å². The van der Waals surface area contributed by atoms with Crippen LogP contribution in [0.4, 0.5) is 18.0 Å². The molecule has 0 bridgehead atoms. The summed E-state index contributed by atoms with van der Waals surface area (Å²) < 4.78 is 60.4. The summed E-state index contributed by atoms with van der Waals surface area (Å²) in [5.41, 5.74) is -5.52. The lowest BCUT2D eigenvalue weighted by Gasteiger charge is -2.09. The molecule has 0 saturated carbocycles. The van der Waals surface area contributed by atoms with E-state index in [0.717, 1.165) is 4.72 Å². The minimum atomic E-state index is -5.65. The number of alkyl halides is 3. The van der Waals surface area contributed by atoms with Gasteiger partial charge in [-0.3, -0.25) is 0 Å². The van der Waals surface area contributed by atoms with Crippen LogP contribution < -0.4 is 4.72 Å². The van der Waals surface area contributed by atoms with Crippen LogP contribution in [0.25, 0.3) is 0 Å². The van der Waals surface area contributed by atoms with Gasteiger partial charge in [0.2, 0.25) is 0 Å². The molecule has 1 amide bonds. The predicted octanol–water partition coefficient (Wildman–Crippen LogP) is 0.972. The van der Waals surface area contributed by atoms with Crippen molar-refractivity contribution in [2.45, 2.75) is 18.9 Å². The van der Waals surface area contributed by atoms with E-state index < -0.39 is 21.6 Å². The summed E-state index contributed by atoms with van der Waals surface area (Å²) in [5, 5.41) is 0. The summed E-state index contributed by atoms with van der Waals surface area (Å²) in [6.07, 6.45) is -1.26. The molecule has 0 rings (SSSR count). The number of carbonyl (C=O) groups excluding carboxylic acids is 1. The van der Waals surface area contributed by atoms with Crippen molar-refractivity contribution in [3.05, 3.63) is 0 Å². The highest BCUT2D eigenvalue weighted by Crippen LogP contribution is 2.21. The number of nitrogens with one attached hydrogen (secondary N) is 1. The van der Waals surface area contributed by atoms with E-state index in [0.29, 0.717) is 6.42 Å². The molecule has 0 aromatic carbocycles. The topological polar surface area (TPSA) is 72.5 Å². The first-order valence-electron chi connectivity index (χ1n) is 3.46. The SMILES string of the molecule is CCCOC(=O)NS(=O)(=O)C(F)(F)F. The highest BCUT2D eigenvalue weighted by molar-refractivity contribution is 7.90. The average Bonchev–Trinajstić information content (AvgIpc) is 1.97. The lowest BCUT2D eigenvalue weighted by Crippen LogP contribution is -2.40. The van der Waals surface area contributed by atoms with Gasteiger partial charge in [-0.05, 0) is 6.42 Å². The Morgan fingerprint density at radius 2 is 1.93 bits per heavy atom. The van der Waals surface area contributed by atoms with Crippen LogP contribution in [0.3, 0.4) is 0 Å². The molecule has 0 aliphatic carbocycles. The lowest BCUT2D eigenvalue weighted by molar-refractivity contribution is -0.0447. The molecular weight excluding hydrogens is 227 g/mol. The van der Waals surface area contributed by atoms with Crippen LogP contribution in [0, 0.1) is 0 Å². The molecule has 9 heteroatoms. The predicted molar refractivity (Wildman–Crippen MR) is 39.7 cm³/mol. The molecule has 0 radical (unpaired) electrons. The molecule has 0 saturated heterocycles. The summed E-state index contributed by atoms with van der Waals surface area (Å²) in [4.78, 5) is 10.5. The van der Waals surface area contributed by atoms with E-state index >= 15 is 0 Å². The fourth-order valence-corrected chi connectivity index (χ4v) is 0.786. The van der Waals surface area contributed by atoms with Crippen molar-refractivity contribution in [3.63, 3.8) is 0 Å². The molecule has 0 spiro atoms. The van der Waals surface area contributed by atoms with Gasteiger partial charge in [0.1, 0.15) is 0 Å². The van der Waals surface area contributed by atoms with Crippen LogP contribution in [-0.4, -0.2) is 26.6 Å². The summed E-state index contributed by atoms with van der Waals surface area (Å²) in [6.45, 7) is 1.45. The second-order valence-electron chi connectivity index (χ2n) is 2.19. The van der Waals surface area contributed by atoms with Gasteiger partial charge in [0.15, 0.2) is 0 Å². The van der Waals surface area contributed by atoms with E-state index in [1.165, 1.54) is 0 Å². The minimum Gasteiger partial charge on any atom is -0.449 e. The molecule has 0 unspecified atom stereocenters. The minimum absolute atomic E-state index is 0.154. The Morgan fingerprint density at radius 3 is 2.29 bits per heavy atom. The number of carbonyl (C=O) groups is 1. The molecule has 0 aromatic rings. The van der Waals surface area contributed by atoms with E-state index in [1.807, 2.05) is 0 Å². The quantitative estimate of drug-likeness (QED) is 0.791. The molecule has 5 nitrogen and oxygen atoms in total. The summed E-state index contributed by atoms with van der Waals surface area (Å²) in [6, 6.07) is 0. The molecular formula is C5H8F3NO4S. The van der Waals surface area contributed by atoms with Crippen molar-refractivity contribution in [2.75, 3.05) is 6.61 Å². The first kappa shape index (κ1) is 13.0. The molecule has 0 aliphatic rings. The van der Waals surface area contributed by atoms with Crippen molar-refractivity contribution in [3.8, 4) is 0 Å². The van der Waals surface area contributed by atoms with Crippen LogP contribution in [0.15, 0.2) is 0 Å². The Bertz CT molecular complexity index is 297. The molecule has 0 fully saturated rings. The second-order valence-corrected chi connectivity index (χ2v) is 3.86. The van der Waals surface area contributed by atoms with Crippen LogP contribution in [0.2, 0.25) is 0 Å². The molecule has 0 aromatic heterocycles. The lowest BCUT2D eigenvalue weighted by atomic mass is 10.5. The largest absolute Gasteiger partial charge is 0.516 e. The van der Waals surface area contributed by atoms with Gasteiger partial charge in [-0.25, -0.2) is 9.52 Å². The average molecular weight is 235 g/mol. The van der Waals surface area contributed by atoms with Gasteiger partial charge in [0, 0.05) is 0 Å². The monoisotopic (exact) mass is 235 g/mol. The highest BCUT2D eigenvalue weighted by atomic mass is 32.2. The highest BCUT2D eigenvalue weighted by Gasteiger charge is 2.47. The Hall–Kier alpha value is -0.990. The third-order valence-electron chi connectivity index (χ3n) is 0.960. The standard InChI is InChI=1S/C5H8F3NO4S/c1-2-3-13-4(10)9-14(11,12)5(6,7)8/h2-3H2,1H3,(H,9,10). The normalized spacial score (nSPS) is 12.3. The third kappa shape index (κ3) is 3.81. The first-order valence-corrected chi connectivity index (χ1v) is 4.95. The molecule has 0 aliphatic heterocycles. The number of amides is 1. The van der Waals surface area contributed by atoms with Crippen LogP contribution in [-0.2, 0) is 14.8 Å². The fraction of sp³-hybridized carbons (Fsp3) is 0.800. The zero-order valence-electron chi connectivity index (χ0n) is 7.09. The smallest absolute Gasteiger partial charge is 0.449 e. The van der Waals surface area contributed by atoms with Crippen LogP contribution in [0.5, 0.6) is 0 Å². The van der Waals surface area contributed by atoms with Gasteiger partial charge in [-0.15, -0.1) is 0 Å². The third-order valence-corrected chi connectivity index (χ3v) is 2.00. The molecule has 14 heavy (non-hydrogen) atoms. The zero-order chi connectivity index (χ0) is 11.4.